The number of sulfone groups is 1. The Balaban J connectivity index is 1.92. The van der Waals surface area contributed by atoms with Gasteiger partial charge in [-0.2, -0.15) is 0 Å². The molecule has 1 unspecified atom stereocenters. The summed E-state index contributed by atoms with van der Waals surface area (Å²) < 4.78 is 50.1. The molecule has 124 valence electrons. The molecule has 2 rings (SSSR count). The van der Waals surface area contributed by atoms with Crippen LogP contribution in [0.4, 0.5) is 0 Å². The first kappa shape index (κ1) is 17.2. The van der Waals surface area contributed by atoms with Gasteiger partial charge in [0.1, 0.15) is 9.84 Å². The van der Waals surface area contributed by atoms with E-state index in [0.717, 1.165) is 19.4 Å². The van der Waals surface area contributed by atoms with Crippen molar-refractivity contribution in [1.29, 1.82) is 0 Å². The lowest BCUT2D eigenvalue weighted by molar-refractivity contribution is 0.181. The van der Waals surface area contributed by atoms with Gasteiger partial charge in [0.25, 0.3) is 0 Å². The summed E-state index contributed by atoms with van der Waals surface area (Å²) in [7, 11) is -6.47. The molecule has 2 aliphatic heterocycles. The van der Waals surface area contributed by atoms with Crippen LogP contribution in [0, 0.1) is 5.41 Å². The maximum atomic E-state index is 12.3. The van der Waals surface area contributed by atoms with Crippen molar-refractivity contribution in [2.75, 3.05) is 24.6 Å². The molecule has 8 heteroatoms. The number of nitrogens with one attached hydrogen (secondary N) is 2. The molecule has 0 aromatic rings. The highest BCUT2D eigenvalue weighted by molar-refractivity contribution is 7.92. The monoisotopic (exact) mass is 338 g/mol. The molecule has 2 aliphatic rings. The smallest absolute Gasteiger partial charge is 0.214 e. The normalized spacial score (nSPS) is 30.1. The number of piperidine rings is 1. The van der Waals surface area contributed by atoms with Crippen molar-refractivity contribution in [3.8, 4) is 0 Å². The molecule has 2 N–H and O–H groups in total. The first-order valence-electron chi connectivity index (χ1n) is 7.55. The zero-order valence-corrected chi connectivity index (χ0v) is 14.4. The Hall–Kier alpha value is -0.180. The minimum Gasteiger partial charge on any atom is -0.312 e. The Kier molecular flexibility index (Phi) is 5.02. The fourth-order valence-electron chi connectivity index (χ4n) is 3.12. The van der Waals surface area contributed by atoms with E-state index in [1.807, 2.05) is 0 Å². The van der Waals surface area contributed by atoms with Gasteiger partial charge in [-0.1, -0.05) is 13.8 Å². The summed E-state index contributed by atoms with van der Waals surface area (Å²) in [6.45, 7) is 5.58. The fourth-order valence-corrected chi connectivity index (χ4v) is 6.40. The molecule has 2 saturated heterocycles. The van der Waals surface area contributed by atoms with Crippen molar-refractivity contribution in [3.05, 3.63) is 0 Å². The van der Waals surface area contributed by atoms with Crippen LogP contribution in [0.3, 0.4) is 0 Å². The van der Waals surface area contributed by atoms with E-state index < -0.39 is 25.1 Å². The molecule has 0 spiro atoms. The number of hydrogen-bond acceptors (Lipinski definition) is 5. The molecule has 0 amide bonds. The summed E-state index contributed by atoms with van der Waals surface area (Å²) in [4.78, 5) is 0. The molecule has 0 aromatic carbocycles. The summed E-state index contributed by atoms with van der Waals surface area (Å²) in [6, 6.07) is 0.119. The number of rotatable bonds is 4. The van der Waals surface area contributed by atoms with Gasteiger partial charge in [-0.25, -0.2) is 21.6 Å². The molecular weight excluding hydrogens is 312 g/mol. The zero-order chi connectivity index (χ0) is 15.7. The minimum absolute atomic E-state index is 0.0221. The van der Waals surface area contributed by atoms with E-state index >= 15 is 0 Å². The van der Waals surface area contributed by atoms with Crippen LogP contribution in [0.1, 0.15) is 39.5 Å². The van der Waals surface area contributed by atoms with Crippen LogP contribution in [-0.4, -0.2) is 52.7 Å². The van der Waals surface area contributed by atoms with Gasteiger partial charge in [-0.05, 0) is 37.6 Å². The van der Waals surface area contributed by atoms with E-state index in [2.05, 4.69) is 23.9 Å². The van der Waals surface area contributed by atoms with Gasteiger partial charge in [0.15, 0.2) is 0 Å². The lowest BCUT2D eigenvalue weighted by Gasteiger charge is -2.39. The average molecular weight is 338 g/mol. The molecule has 6 nitrogen and oxygen atoms in total. The van der Waals surface area contributed by atoms with Crippen LogP contribution < -0.4 is 10.0 Å². The lowest BCUT2D eigenvalue weighted by atomic mass is 9.78. The Morgan fingerprint density at radius 1 is 1.24 bits per heavy atom. The second kappa shape index (κ2) is 6.14. The summed E-state index contributed by atoms with van der Waals surface area (Å²) in [5.41, 5.74) is 0.0661. The highest BCUT2D eigenvalue weighted by Crippen LogP contribution is 2.30. The Morgan fingerprint density at radius 3 is 2.43 bits per heavy atom. The van der Waals surface area contributed by atoms with Crippen LogP contribution in [0.15, 0.2) is 0 Å². The van der Waals surface area contributed by atoms with Crippen molar-refractivity contribution >= 4 is 19.9 Å². The van der Waals surface area contributed by atoms with Gasteiger partial charge < -0.3 is 5.32 Å². The third kappa shape index (κ3) is 4.40. The van der Waals surface area contributed by atoms with E-state index in [9.17, 15) is 16.8 Å². The minimum atomic E-state index is -3.44. The molecule has 0 radical (unpaired) electrons. The molecule has 1 atom stereocenters. The van der Waals surface area contributed by atoms with Gasteiger partial charge in [-0.15, -0.1) is 0 Å². The fraction of sp³-hybridized carbons (Fsp3) is 1.00. The third-order valence-corrected chi connectivity index (χ3v) is 8.39. The van der Waals surface area contributed by atoms with Gasteiger partial charge in [-0.3, -0.25) is 0 Å². The third-order valence-electron chi connectivity index (χ3n) is 4.76. The Morgan fingerprint density at radius 2 is 1.86 bits per heavy atom. The van der Waals surface area contributed by atoms with Crippen LogP contribution in [-0.2, 0) is 19.9 Å². The molecule has 21 heavy (non-hydrogen) atoms. The maximum Gasteiger partial charge on any atom is 0.214 e. The Bertz CT molecular complexity index is 555. The van der Waals surface area contributed by atoms with E-state index in [4.69, 9.17) is 0 Å². The summed E-state index contributed by atoms with van der Waals surface area (Å²) in [5, 5.41) is 2.80. The van der Waals surface area contributed by atoms with Crippen molar-refractivity contribution in [2.45, 2.75) is 50.8 Å². The standard InChI is InChI=1S/C13H26N2O4S2/c1-13(2)6-3-7-14-12(13)10-15-21(18,19)11-4-8-20(16,17)9-5-11/h11-12,14-15H,3-10H2,1-2H3. The molecular formula is C13H26N2O4S2. The largest absolute Gasteiger partial charge is 0.312 e. The SMILES string of the molecule is CC1(C)CCCNC1CNS(=O)(=O)C1CCS(=O)(=O)CC1. The molecule has 0 aromatic heterocycles. The maximum absolute atomic E-state index is 12.3. The van der Waals surface area contributed by atoms with Gasteiger partial charge in [0, 0.05) is 12.6 Å². The molecule has 0 saturated carbocycles. The predicted octanol–water partition coefficient (Wildman–Crippen LogP) is 0.261. The lowest BCUT2D eigenvalue weighted by Crippen LogP contribution is -2.54. The van der Waals surface area contributed by atoms with Gasteiger partial charge in [0.2, 0.25) is 10.0 Å². The van der Waals surface area contributed by atoms with Crippen LogP contribution >= 0.6 is 0 Å². The van der Waals surface area contributed by atoms with Crippen molar-refractivity contribution in [2.24, 2.45) is 5.41 Å². The van der Waals surface area contributed by atoms with Crippen molar-refractivity contribution in [1.82, 2.24) is 10.0 Å². The van der Waals surface area contributed by atoms with Gasteiger partial charge in [0.05, 0.1) is 16.8 Å². The molecule has 2 fully saturated rings. The second-order valence-corrected chi connectivity index (χ2v) is 11.2. The van der Waals surface area contributed by atoms with Crippen molar-refractivity contribution < 1.29 is 16.8 Å². The number of sulfonamides is 1. The highest BCUT2D eigenvalue weighted by Gasteiger charge is 2.36. The summed E-state index contributed by atoms with van der Waals surface area (Å²) >= 11 is 0. The quantitative estimate of drug-likeness (QED) is 0.767. The average Bonchev–Trinajstić information content (AvgIpc) is 2.36. The molecule has 2 heterocycles. The first-order valence-corrected chi connectivity index (χ1v) is 10.9. The molecule has 0 bridgehead atoms. The van der Waals surface area contributed by atoms with Crippen LogP contribution in [0.5, 0.6) is 0 Å². The summed E-state index contributed by atoms with van der Waals surface area (Å²) in [6.07, 6.45) is 2.60. The van der Waals surface area contributed by atoms with E-state index in [1.165, 1.54) is 0 Å². The topological polar surface area (TPSA) is 92.3 Å². The second-order valence-electron chi connectivity index (χ2n) is 6.84. The Labute approximate surface area is 128 Å². The predicted molar refractivity (Wildman–Crippen MR) is 83.4 cm³/mol. The highest BCUT2D eigenvalue weighted by atomic mass is 32.2. The zero-order valence-electron chi connectivity index (χ0n) is 12.8. The van der Waals surface area contributed by atoms with E-state index in [1.54, 1.807) is 0 Å². The van der Waals surface area contributed by atoms with E-state index in [0.29, 0.717) is 6.54 Å². The van der Waals surface area contributed by atoms with E-state index in [-0.39, 0.29) is 35.8 Å². The summed E-state index contributed by atoms with van der Waals surface area (Å²) in [5.74, 6) is -0.0442. The molecule has 0 aliphatic carbocycles. The van der Waals surface area contributed by atoms with Crippen LogP contribution in [0.2, 0.25) is 0 Å². The number of hydrogen-bond donors (Lipinski definition) is 2. The van der Waals surface area contributed by atoms with Crippen molar-refractivity contribution in [3.63, 3.8) is 0 Å². The van der Waals surface area contributed by atoms with Crippen LogP contribution in [0.25, 0.3) is 0 Å². The first-order chi connectivity index (χ1) is 9.62. The van der Waals surface area contributed by atoms with Gasteiger partial charge >= 0.3 is 0 Å².